The molecule has 1 aromatic carbocycles. The summed E-state index contributed by atoms with van der Waals surface area (Å²) in [4.78, 5) is 2.55. The molecular formula is C14H19BrClN. The minimum absolute atomic E-state index is 0.568. The summed E-state index contributed by atoms with van der Waals surface area (Å²) in [6.07, 6.45) is 5.24. The van der Waals surface area contributed by atoms with Gasteiger partial charge in [-0.05, 0) is 43.4 Å². The number of benzene rings is 1. The Morgan fingerprint density at radius 2 is 2.24 bits per heavy atom. The van der Waals surface area contributed by atoms with E-state index in [1.807, 2.05) is 0 Å². The van der Waals surface area contributed by atoms with Crippen LogP contribution in [-0.4, -0.2) is 12.6 Å². The van der Waals surface area contributed by atoms with Crippen LogP contribution in [0.5, 0.6) is 0 Å². The van der Waals surface area contributed by atoms with Crippen LogP contribution in [0.25, 0.3) is 0 Å². The van der Waals surface area contributed by atoms with Gasteiger partial charge < -0.3 is 4.90 Å². The maximum atomic E-state index is 5.88. The highest BCUT2D eigenvalue weighted by Crippen LogP contribution is 2.30. The van der Waals surface area contributed by atoms with Gasteiger partial charge in [-0.2, -0.15) is 0 Å². The van der Waals surface area contributed by atoms with E-state index >= 15 is 0 Å². The van der Waals surface area contributed by atoms with Crippen molar-refractivity contribution in [2.45, 2.75) is 44.5 Å². The van der Waals surface area contributed by atoms with E-state index in [4.69, 9.17) is 11.6 Å². The Bertz CT molecular complexity index is 380. The smallest absolute Gasteiger partial charge is 0.0485 e. The van der Waals surface area contributed by atoms with Gasteiger partial charge in [-0.25, -0.2) is 0 Å². The van der Waals surface area contributed by atoms with Gasteiger partial charge in [-0.1, -0.05) is 28.9 Å². The standard InChI is InChI=1S/C14H19BrClN/c1-2-12-5-3-4-8-17(12)13-7-6-11(10-16)14(15)9-13/h6-7,9,12H,2-5,8,10H2,1H3. The zero-order valence-corrected chi connectivity index (χ0v) is 12.6. The summed E-state index contributed by atoms with van der Waals surface area (Å²) in [5, 5.41) is 0. The van der Waals surface area contributed by atoms with Gasteiger partial charge in [0.1, 0.15) is 0 Å². The van der Waals surface area contributed by atoms with Gasteiger partial charge in [-0.15, -0.1) is 11.6 Å². The van der Waals surface area contributed by atoms with Crippen molar-refractivity contribution >= 4 is 33.2 Å². The first-order chi connectivity index (χ1) is 8.26. The minimum Gasteiger partial charge on any atom is -0.369 e. The summed E-state index contributed by atoms with van der Waals surface area (Å²) in [7, 11) is 0. The van der Waals surface area contributed by atoms with Crippen LogP contribution in [0, 0.1) is 0 Å². The SMILES string of the molecule is CCC1CCCCN1c1ccc(CCl)c(Br)c1. The fraction of sp³-hybridized carbons (Fsp3) is 0.571. The molecule has 94 valence electrons. The van der Waals surface area contributed by atoms with Crippen LogP contribution >= 0.6 is 27.5 Å². The topological polar surface area (TPSA) is 3.24 Å². The molecule has 1 nitrogen and oxygen atoms in total. The van der Waals surface area contributed by atoms with Crippen LogP contribution < -0.4 is 4.90 Å². The molecule has 1 aromatic rings. The van der Waals surface area contributed by atoms with E-state index in [0.717, 1.165) is 4.47 Å². The number of anilines is 1. The molecule has 17 heavy (non-hydrogen) atoms. The van der Waals surface area contributed by atoms with E-state index in [1.165, 1.54) is 43.5 Å². The molecule has 1 saturated heterocycles. The highest BCUT2D eigenvalue weighted by Gasteiger charge is 2.21. The summed E-state index contributed by atoms with van der Waals surface area (Å²) in [5.74, 6) is 0.568. The number of nitrogens with zero attached hydrogens (tertiary/aromatic N) is 1. The molecule has 0 bridgehead atoms. The third kappa shape index (κ3) is 2.97. The summed E-state index contributed by atoms with van der Waals surface area (Å²) < 4.78 is 1.13. The fourth-order valence-electron chi connectivity index (χ4n) is 2.59. The molecule has 0 amide bonds. The van der Waals surface area contributed by atoms with Crippen molar-refractivity contribution in [1.29, 1.82) is 0 Å². The highest BCUT2D eigenvalue weighted by atomic mass is 79.9. The van der Waals surface area contributed by atoms with Crippen molar-refractivity contribution in [2.24, 2.45) is 0 Å². The van der Waals surface area contributed by atoms with Gasteiger partial charge >= 0.3 is 0 Å². The molecule has 1 atom stereocenters. The van der Waals surface area contributed by atoms with Crippen molar-refractivity contribution in [3.63, 3.8) is 0 Å². The summed E-state index contributed by atoms with van der Waals surface area (Å²) >= 11 is 9.49. The molecule has 1 aliphatic rings. The first kappa shape index (κ1) is 13.2. The predicted octanol–water partition coefficient (Wildman–Crippen LogP) is 4.96. The minimum atomic E-state index is 0.568. The lowest BCUT2D eigenvalue weighted by Gasteiger charge is -2.37. The lowest BCUT2D eigenvalue weighted by molar-refractivity contribution is 0.450. The molecule has 0 spiro atoms. The molecule has 1 aliphatic heterocycles. The number of hydrogen-bond acceptors (Lipinski definition) is 1. The Hall–Kier alpha value is -0.210. The average molecular weight is 317 g/mol. The molecule has 3 heteroatoms. The van der Waals surface area contributed by atoms with Crippen LogP contribution in [0.1, 0.15) is 38.2 Å². The van der Waals surface area contributed by atoms with Crippen LogP contribution in [0.3, 0.4) is 0 Å². The number of halogens is 2. The Morgan fingerprint density at radius 3 is 2.88 bits per heavy atom. The van der Waals surface area contributed by atoms with Gasteiger partial charge in [0.05, 0.1) is 0 Å². The second-order valence-corrected chi connectivity index (χ2v) is 5.78. The Labute approximate surface area is 117 Å². The van der Waals surface area contributed by atoms with Crippen molar-refractivity contribution < 1.29 is 0 Å². The molecule has 0 N–H and O–H groups in total. The van der Waals surface area contributed by atoms with E-state index in [9.17, 15) is 0 Å². The third-order valence-corrected chi connectivity index (χ3v) is 4.64. The van der Waals surface area contributed by atoms with Crippen molar-refractivity contribution in [3.8, 4) is 0 Å². The predicted molar refractivity (Wildman–Crippen MR) is 79.0 cm³/mol. The third-order valence-electron chi connectivity index (χ3n) is 3.61. The molecule has 2 rings (SSSR count). The maximum absolute atomic E-state index is 5.88. The molecule has 0 aliphatic carbocycles. The molecule has 0 aromatic heterocycles. The molecule has 0 saturated carbocycles. The number of rotatable bonds is 3. The van der Waals surface area contributed by atoms with Gasteiger partial charge in [0.2, 0.25) is 0 Å². The summed E-state index contributed by atoms with van der Waals surface area (Å²) in [5.41, 5.74) is 2.50. The van der Waals surface area contributed by atoms with E-state index in [-0.39, 0.29) is 0 Å². The van der Waals surface area contributed by atoms with Crippen LogP contribution in [0.4, 0.5) is 5.69 Å². The largest absolute Gasteiger partial charge is 0.369 e. The fourth-order valence-corrected chi connectivity index (χ4v) is 3.49. The molecule has 1 unspecified atom stereocenters. The lowest BCUT2D eigenvalue weighted by atomic mass is 9.99. The van der Waals surface area contributed by atoms with Gasteiger partial charge in [0, 0.05) is 28.6 Å². The normalized spacial score (nSPS) is 20.6. The van der Waals surface area contributed by atoms with E-state index in [2.05, 4.69) is 46.0 Å². The molecule has 0 radical (unpaired) electrons. The maximum Gasteiger partial charge on any atom is 0.0485 e. The van der Waals surface area contributed by atoms with Crippen molar-refractivity contribution in [2.75, 3.05) is 11.4 Å². The highest BCUT2D eigenvalue weighted by molar-refractivity contribution is 9.10. The van der Waals surface area contributed by atoms with E-state index in [0.29, 0.717) is 11.9 Å². The zero-order chi connectivity index (χ0) is 12.3. The first-order valence-electron chi connectivity index (χ1n) is 6.37. The summed E-state index contributed by atoms with van der Waals surface area (Å²) in [6, 6.07) is 7.26. The van der Waals surface area contributed by atoms with Crippen LogP contribution in [0.2, 0.25) is 0 Å². The Morgan fingerprint density at radius 1 is 1.41 bits per heavy atom. The van der Waals surface area contributed by atoms with Crippen LogP contribution in [-0.2, 0) is 5.88 Å². The second-order valence-electron chi connectivity index (χ2n) is 4.66. The van der Waals surface area contributed by atoms with Crippen molar-refractivity contribution in [3.05, 3.63) is 28.2 Å². The summed E-state index contributed by atoms with van der Waals surface area (Å²) in [6.45, 7) is 3.47. The first-order valence-corrected chi connectivity index (χ1v) is 7.70. The zero-order valence-electron chi connectivity index (χ0n) is 10.3. The molecule has 1 fully saturated rings. The monoisotopic (exact) mass is 315 g/mol. The van der Waals surface area contributed by atoms with E-state index in [1.54, 1.807) is 0 Å². The van der Waals surface area contributed by atoms with E-state index < -0.39 is 0 Å². The van der Waals surface area contributed by atoms with Gasteiger partial charge in [0.25, 0.3) is 0 Å². The Kier molecular flexibility index (Phi) is 4.75. The molecular weight excluding hydrogens is 298 g/mol. The van der Waals surface area contributed by atoms with Crippen LogP contribution in [0.15, 0.2) is 22.7 Å². The lowest BCUT2D eigenvalue weighted by Crippen LogP contribution is -2.39. The van der Waals surface area contributed by atoms with Gasteiger partial charge in [-0.3, -0.25) is 0 Å². The number of hydrogen-bond donors (Lipinski definition) is 0. The van der Waals surface area contributed by atoms with Gasteiger partial charge in [0.15, 0.2) is 0 Å². The molecule has 1 heterocycles. The number of piperidine rings is 1. The number of alkyl halides is 1. The average Bonchev–Trinajstić information content (AvgIpc) is 2.38. The quantitative estimate of drug-likeness (QED) is 0.713. The second kappa shape index (κ2) is 6.10. The van der Waals surface area contributed by atoms with Crippen molar-refractivity contribution in [1.82, 2.24) is 0 Å². The Balaban J connectivity index is 2.23.